The van der Waals surface area contributed by atoms with Crippen molar-refractivity contribution >= 4 is 20.8 Å². The molecule has 0 aliphatic carbocycles. The van der Waals surface area contributed by atoms with Crippen molar-refractivity contribution in [2.24, 2.45) is 26.4 Å². The Balaban J connectivity index is 1.98. The molecular weight excluding hydrogens is 278 g/mol. The highest BCUT2D eigenvalue weighted by atomic mass is 28.2. The summed E-state index contributed by atoms with van der Waals surface area (Å²) in [4.78, 5) is 0. The van der Waals surface area contributed by atoms with Crippen molar-refractivity contribution in [3.8, 4) is 0 Å². The van der Waals surface area contributed by atoms with Crippen LogP contribution in [0.4, 0.5) is 0 Å². The molecule has 1 aliphatic heterocycles. The molecule has 0 radical (unpaired) electrons. The Hall–Kier alpha value is -2.44. The third-order valence-electron chi connectivity index (χ3n) is 3.21. The van der Waals surface area contributed by atoms with E-state index in [1.807, 2.05) is 36.4 Å². The molecule has 21 heavy (non-hydrogen) atoms. The third-order valence-corrected chi connectivity index (χ3v) is 5.01. The molecule has 104 valence electrons. The van der Waals surface area contributed by atoms with Crippen molar-refractivity contribution in [3.63, 3.8) is 0 Å². The zero-order chi connectivity index (χ0) is 14.5. The molecule has 5 nitrogen and oxygen atoms in total. The number of benzene rings is 2. The van der Waals surface area contributed by atoms with Crippen LogP contribution < -0.4 is 5.73 Å². The SMILES string of the molecule is NC1([SiH2]C(=Cc2ccccc2)c2ccccc2)N=NN=N1. The van der Waals surface area contributed by atoms with Crippen LogP contribution in [0.1, 0.15) is 11.1 Å². The van der Waals surface area contributed by atoms with Crippen LogP contribution in [0.2, 0.25) is 0 Å². The lowest BCUT2D eigenvalue weighted by molar-refractivity contribution is 0.651. The van der Waals surface area contributed by atoms with Gasteiger partial charge in [-0.25, -0.2) is 0 Å². The van der Waals surface area contributed by atoms with E-state index in [1.54, 1.807) is 0 Å². The van der Waals surface area contributed by atoms with Crippen LogP contribution in [0.25, 0.3) is 11.3 Å². The van der Waals surface area contributed by atoms with Crippen molar-refractivity contribution in [3.05, 3.63) is 71.8 Å². The van der Waals surface area contributed by atoms with E-state index in [2.05, 4.69) is 51.0 Å². The fourth-order valence-electron chi connectivity index (χ4n) is 2.21. The van der Waals surface area contributed by atoms with E-state index in [0.717, 1.165) is 11.1 Å². The van der Waals surface area contributed by atoms with Gasteiger partial charge in [-0.15, -0.1) is 10.2 Å². The second kappa shape index (κ2) is 5.90. The second-order valence-corrected chi connectivity index (χ2v) is 7.04. The van der Waals surface area contributed by atoms with Gasteiger partial charge in [-0.1, -0.05) is 71.9 Å². The molecule has 0 saturated heterocycles. The molecule has 0 spiro atoms. The Labute approximate surface area is 125 Å². The van der Waals surface area contributed by atoms with Crippen molar-refractivity contribution in [1.82, 2.24) is 0 Å². The van der Waals surface area contributed by atoms with Crippen molar-refractivity contribution in [1.29, 1.82) is 0 Å². The quantitative estimate of drug-likeness (QED) is 0.683. The van der Waals surface area contributed by atoms with Crippen molar-refractivity contribution in [2.75, 3.05) is 0 Å². The average Bonchev–Trinajstić information content (AvgIpc) is 2.95. The van der Waals surface area contributed by atoms with E-state index < -0.39 is 14.9 Å². The van der Waals surface area contributed by atoms with Crippen molar-refractivity contribution < 1.29 is 0 Å². The highest BCUT2D eigenvalue weighted by Crippen LogP contribution is 2.23. The maximum absolute atomic E-state index is 6.15. The van der Waals surface area contributed by atoms with Crippen LogP contribution in [0.3, 0.4) is 0 Å². The summed E-state index contributed by atoms with van der Waals surface area (Å²) in [6.45, 7) is 0. The fraction of sp³-hybridized carbons (Fsp3) is 0.0667. The molecule has 0 bridgehead atoms. The van der Waals surface area contributed by atoms with Crippen LogP contribution in [0.15, 0.2) is 81.3 Å². The van der Waals surface area contributed by atoms with Crippen LogP contribution in [0.5, 0.6) is 0 Å². The first-order valence-electron chi connectivity index (χ1n) is 6.69. The Morgan fingerprint density at radius 2 is 1.48 bits per heavy atom. The molecule has 6 heteroatoms. The minimum absolute atomic E-state index is 0.962. The lowest BCUT2D eigenvalue weighted by atomic mass is 10.1. The van der Waals surface area contributed by atoms with Crippen LogP contribution in [-0.2, 0) is 0 Å². The predicted octanol–water partition coefficient (Wildman–Crippen LogP) is 2.76. The number of hydrogen-bond donors (Lipinski definition) is 1. The summed E-state index contributed by atoms with van der Waals surface area (Å²) in [5, 5.41) is 16.2. The molecule has 0 unspecified atom stereocenters. The van der Waals surface area contributed by atoms with Gasteiger partial charge in [0, 0.05) is 0 Å². The van der Waals surface area contributed by atoms with Gasteiger partial charge in [0.05, 0.1) is 0 Å². The summed E-state index contributed by atoms with van der Waals surface area (Å²) in [6, 6.07) is 20.4. The van der Waals surface area contributed by atoms with Gasteiger partial charge < -0.3 is 0 Å². The molecule has 1 heterocycles. The molecule has 0 aromatic heterocycles. The van der Waals surface area contributed by atoms with Crippen LogP contribution in [-0.4, -0.2) is 14.9 Å². The van der Waals surface area contributed by atoms with E-state index in [4.69, 9.17) is 5.73 Å². The summed E-state index contributed by atoms with van der Waals surface area (Å²) in [5.74, 6) is 0. The summed E-state index contributed by atoms with van der Waals surface area (Å²) >= 11 is 0. The van der Waals surface area contributed by atoms with Crippen LogP contribution >= 0.6 is 0 Å². The number of nitrogens with two attached hydrogens (primary N) is 1. The maximum Gasteiger partial charge on any atom is 0.224 e. The monoisotopic (exact) mass is 293 g/mol. The van der Waals surface area contributed by atoms with Gasteiger partial charge >= 0.3 is 0 Å². The summed E-state index contributed by atoms with van der Waals surface area (Å²) in [6.07, 6.45) is 2.15. The highest BCUT2D eigenvalue weighted by Gasteiger charge is 2.29. The Morgan fingerprint density at radius 1 is 0.905 bits per heavy atom. The minimum Gasteiger partial charge on any atom is -0.289 e. The standard InChI is InChI=1S/C15H15N5Si/c16-15(17-19-20-18-15)21-14(13-9-5-2-6-10-13)11-12-7-3-1-4-8-12/h1-11H,16,21H2. The van der Waals surface area contributed by atoms with Gasteiger partial charge in [0.2, 0.25) is 5.41 Å². The Bertz CT molecular complexity index is 683. The maximum atomic E-state index is 6.15. The van der Waals surface area contributed by atoms with E-state index in [9.17, 15) is 0 Å². The number of hydrogen-bond acceptors (Lipinski definition) is 5. The van der Waals surface area contributed by atoms with E-state index in [-0.39, 0.29) is 0 Å². The fourth-order valence-corrected chi connectivity index (χ4v) is 3.81. The molecule has 2 aromatic rings. The molecule has 1 aliphatic rings. The number of rotatable bonds is 4. The molecule has 2 aromatic carbocycles. The van der Waals surface area contributed by atoms with Crippen molar-refractivity contribution in [2.45, 2.75) is 5.41 Å². The first kappa shape index (κ1) is 13.5. The average molecular weight is 293 g/mol. The first-order valence-corrected chi connectivity index (χ1v) is 8.11. The Kier molecular flexibility index (Phi) is 3.80. The minimum atomic E-state index is -1.02. The van der Waals surface area contributed by atoms with E-state index >= 15 is 0 Å². The van der Waals surface area contributed by atoms with Gasteiger partial charge in [-0.2, -0.15) is 0 Å². The van der Waals surface area contributed by atoms with Gasteiger partial charge in [-0.3, -0.25) is 5.73 Å². The second-order valence-electron chi connectivity index (χ2n) is 4.88. The third kappa shape index (κ3) is 3.36. The molecule has 0 saturated carbocycles. The molecule has 0 atom stereocenters. The van der Waals surface area contributed by atoms with Gasteiger partial charge in [0.15, 0.2) is 0 Å². The van der Waals surface area contributed by atoms with Gasteiger partial charge in [0.25, 0.3) is 0 Å². The largest absolute Gasteiger partial charge is 0.289 e. The molecule has 2 N–H and O–H groups in total. The van der Waals surface area contributed by atoms with Gasteiger partial charge in [-0.05, 0) is 21.6 Å². The zero-order valence-corrected chi connectivity index (χ0v) is 12.8. The molecule has 3 rings (SSSR count). The molecular formula is C15H15N5Si. The molecule has 0 amide bonds. The smallest absolute Gasteiger partial charge is 0.224 e. The van der Waals surface area contributed by atoms with Crippen LogP contribution in [0, 0.1) is 0 Å². The number of nitrogens with zero attached hydrogens (tertiary/aromatic N) is 4. The Morgan fingerprint density at radius 3 is 2.10 bits per heavy atom. The lowest BCUT2D eigenvalue weighted by Gasteiger charge is -2.16. The highest BCUT2D eigenvalue weighted by molar-refractivity contribution is 6.65. The topological polar surface area (TPSA) is 75.5 Å². The van der Waals surface area contributed by atoms with E-state index in [1.165, 1.54) is 5.20 Å². The predicted molar refractivity (Wildman–Crippen MR) is 85.9 cm³/mol. The summed E-state index contributed by atoms with van der Waals surface area (Å²) < 4.78 is 0. The lowest BCUT2D eigenvalue weighted by Crippen LogP contribution is -2.40. The first-order chi connectivity index (χ1) is 10.3. The molecule has 0 fully saturated rings. The van der Waals surface area contributed by atoms with E-state index in [0.29, 0.717) is 0 Å². The summed E-state index contributed by atoms with van der Waals surface area (Å²) in [7, 11) is -1.02. The zero-order valence-electron chi connectivity index (χ0n) is 11.4. The summed E-state index contributed by atoms with van der Waals surface area (Å²) in [5.41, 5.74) is 7.48. The van der Waals surface area contributed by atoms with Gasteiger partial charge in [0.1, 0.15) is 9.52 Å². The normalized spacial score (nSPS) is 16.9.